The minimum atomic E-state index is -1.22. The highest BCUT2D eigenvalue weighted by Gasteiger charge is 2.40. The molecule has 7 heteroatoms. The smallest absolute Gasteiger partial charge is 0.219 e. The van der Waals surface area contributed by atoms with E-state index in [1.165, 1.54) is 11.6 Å². The molecule has 0 spiro atoms. The van der Waals surface area contributed by atoms with E-state index in [0.29, 0.717) is 13.1 Å². The molecule has 1 amide bonds. The van der Waals surface area contributed by atoms with Crippen molar-refractivity contribution < 1.29 is 14.0 Å². The Kier molecular flexibility index (Phi) is 3.44. The molecule has 2 aliphatic heterocycles. The maximum absolute atomic E-state index is 14.3. The number of halogens is 1. The summed E-state index contributed by atoms with van der Waals surface area (Å²) in [5, 5.41) is 4.28. The lowest BCUT2D eigenvalue weighted by Gasteiger charge is -2.36. The molecule has 3 heterocycles. The predicted octanol–water partition coefficient (Wildman–Crippen LogP) is 1.94. The van der Waals surface area contributed by atoms with Gasteiger partial charge in [-0.1, -0.05) is 30.3 Å². The van der Waals surface area contributed by atoms with Gasteiger partial charge in [-0.2, -0.15) is 0 Å². The van der Waals surface area contributed by atoms with Crippen LogP contribution >= 0.6 is 0 Å². The van der Waals surface area contributed by atoms with E-state index in [-0.39, 0.29) is 41.7 Å². The number of carbonyl (C=O) groups is 2. The monoisotopic (exact) mass is 328 g/mol. The number of ketones is 1. The molecule has 2 aliphatic rings. The van der Waals surface area contributed by atoms with Gasteiger partial charge < -0.3 is 4.90 Å². The van der Waals surface area contributed by atoms with Gasteiger partial charge in [-0.15, -0.1) is 5.10 Å². The zero-order valence-electron chi connectivity index (χ0n) is 13.2. The van der Waals surface area contributed by atoms with Crippen LogP contribution in [0.15, 0.2) is 30.3 Å². The number of amides is 1. The average molecular weight is 328 g/mol. The molecule has 1 fully saturated rings. The number of hydrogen-bond acceptors (Lipinski definition) is 4. The third-order valence-electron chi connectivity index (χ3n) is 4.77. The third-order valence-corrected chi connectivity index (χ3v) is 4.77. The minimum absolute atomic E-state index is 0.0488. The molecule has 0 aliphatic carbocycles. The SMILES string of the molecule is CC(=O)N1CC(C(=O)c2nc3n(n2)[C@H](c2ccccc2)C[C@@H]3F)C1. The highest BCUT2D eigenvalue weighted by molar-refractivity contribution is 5.96. The molecule has 0 N–H and O–H groups in total. The van der Waals surface area contributed by atoms with Crippen molar-refractivity contribution in [2.24, 2.45) is 5.92 Å². The summed E-state index contributed by atoms with van der Waals surface area (Å²) in [4.78, 5) is 29.4. The van der Waals surface area contributed by atoms with Gasteiger partial charge in [0.15, 0.2) is 12.0 Å². The predicted molar refractivity (Wildman–Crippen MR) is 83.1 cm³/mol. The summed E-state index contributed by atoms with van der Waals surface area (Å²) < 4.78 is 15.8. The summed E-state index contributed by atoms with van der Waals surface area (Å²) >= 11 is 0. The molecule has 1 aromatic heterocycles. The maximum Gasteiger partial charge on any atom is 0.219 e. The van der Waals surface area contributed by atoms with Crippen LogP contribution in [-0.4, -0.2) is 44.4 Å². The van der Waals surface area contributed by atoms with E-state index in [0.717, 1.165) is 5.56 Å². The number of alkyl halides is 1. The molecule has 2 aromatic rings. The van der Waals surface area contributed by atoms with Crippen LogP contribution in [0, 0.1) is 5.92 Å². The zero-order chi connectivity index (χ0) is 16.8. The van der Waals surface area contributed by atoms with Crippen molar-refractivity contribution in [1.82, 2.24) is 19.7 Å². The van der Waals surface area contributed by atoms with E-state index < -0.39 is 6.17 Å². The topological polar surface area (TPSA) is 68.1 Å². The quantitative estimate of drug-likeness (QED) is 0.808. The van der Waals surface area contributed by atoms with Crippen LogP contribution < -0.4 is 0 Å². The van der Waals surface area contributed by atoms with Crippen molar-refractivity contribution in [2.75, 3.05) is 13.1 Å². The third kappa shape index (κ3) is 2.31. The Morgan fingerprint density at radius 1 is 1.21 bits per heavy atom. The molecule has 0 unspecified atom stereocenters. The van der Waals surface area contributed by atoms with Crippen molar-refractivity contribution in [3.63, 3.8) is 0 Å². The summed E-state index contributed by atoms with van der Waals surface area (Å²) in [5.41, 5.74) is 0.953. The lowest BCUT2D eigenvalue weighted by molar-refractivity contribution is -0.133. The fraction of sp³-hybridized carbons (Fsp3) is 0.412. The molecule has 2 atom stereocenters. The van der Waals surface area contributed by atoms with Crippen LogP contribution in [0.4, 0.5) is 4.39 Å². The van der Waals surface area contributed by atoms with Gasteiger partial charge in [0, 0.05) is 26.4 Å². The van der Waals surface area contributed by atoms with Crippen LogP contribution in [0.3, 0.4) is 0 Å². The van der Waals surface area contributed by atoms with Crippen molar-refractivity contribution >= 4 is 11.7 Å². The number of nitrogens with zero attached hydrogens (tertiary/aromatic N) is 4. The molecule has 1 saturated heterocycles. The lowest BCUT2D eigenvalue weighted by Crippen LogP contribution is -2.52. The number of aromatic nitrogens is 3. The first kappa shape index (κ1) is 15.0. The van der Waals surface area contributed by atoms with Gasteiger partial charge in [-0.3, -0.25) is 9.59 Å². The Labute approximate surface area is 138 Å². The van der Waals surface area contributed by atoms with Gasteiger partial charge in [0.25, 0.3) is 0 Å². The summed E-state index contributed by atoms with van der Waals surface area (Å²) in [6.07, 6.45) is -0.936. The highest BCUT2D eigenvalue weighted by Crippen LogP contribution is 2.39. The molecule has 124 valence electrons. The van der Waals surface area contributed by atoms with E-state index in [1.54, 1.807) is 4.90 Å². The fourth-order valence-corrected chi connectivity index (χ4v) is 3.32. The number of likely N-dealkylation sites (tertiary alicyclic amines) is 1. The molecule has 6 nitrogen and oxygen atoms in total. The molecule has 4 rings (SSSR count). The number of rotatable bonds is 3. The molecule has 0 saturated carbocycles. The second kappa shape index (κ2) is 5.51. The van der Waals surface area contributed by atoms with E-state index >= 15 is 0 Å². The van der Waals surface area contributed by atoms with Crippen molar-refractivity contribution in [2.45, 2.75) is 25.6 Å². The van der Waals surface area contributed by atoms with E-state index in [2.05, 4.69) is 10.1 Å². The second-order valence-corrected chi connectivity index (χ2v) is 6.35. The highest BCUT2D eigenvalue weighted by atomic mass is 19.1. The minimum Gasteiger partial charge on any atom is -0.341 e. The average Bonchev–Trinajstić information content (AvgIpc) is 3.07. The van der Waals surface area contributed by atoms with E-state index in [4.69, 9.17) is 0 Å². The van der Waals surface area contributed by atoms with Crippen LogP contribution in [0.5, 0.6) is 0 Å². The Hall–Kier alpha value is -2.57. The van der Waals surface area contributed by atoms with Crippen LogP contribution in [0.2, 0.25) is 0 Å². The number of carbonyl (C=O) groups excluding carboxylic acids is 2. The molecule has 0 radical (unpaired) electrons. The van der Waals surface area contributed by atoms with E-state index in [1.807, 2.05) is 30.3 Å². The molecular formula is C17H17FN4O2. The first-order valence-corrected chi connectivity index (χ1v) is 7.99. The summed E-state index contributed by atoms with van der Waals surface area (Å²) in [6, 6.07) is 9.31. The van der Waals surface area contributed by atoms with Crippen LogP contribution in [-0.2, 0) is 4.79 Å². The normalized spacial score (nSPS) is 23.0. The number of Topliss-reactive ketones (excluding diaryl/α,β-unsaturated/α-hetero) is 1. The second-order valence-electron chi connectivity index (χ2n) is 6.35. The first-order valence-electron chi connectivity index (χ1n) is 7.99. The van der Waals surface area contributed by atoms with Crippen molar-refractivity contribution in [3.8, 4) is 0 Å². The zero-order valence-corrected chi connectivity index (χ0v) is 13.2. The van der Waals surface area contributed by atoms with Crippen molar-refractivity contribution in [3.05, 3.63) is 47.5 Å². The Bertz CT molecular complexity index is 798. The van der Waals surface area contributed by atoms with Gasteiger partial charge in [-0.25, -0.2) is 14.1 Å². The Morgan fingerprint density at radius 3 is 2.58 bits per heavy atom. The van der Waals surface area contributed by atoms with Gasteiger partial charge in [0.2, 0.25) is 17.5 Å². The van der Waals surface area contributed by atoms with Crippen LogP contribution in [0.1, 0.15) is 47.6 Å². The molecule has 1 aromatic carbocycles. The van der Waals surface area contributed by atoms with Gasteiger partial charge in [0.05, 0.1) is 12.0 Å². The van der Waals surface area contributed by atoms with Gasteiger partial charge in [-0.05, 0) is 5.56 Å². The fourth-order valence-electron chi connectivity index (χ4n) is 3.32. The number of hydrogen-bond donors (Lipinski definition) is 0. The molecule has 0 bridgehead atoms. The Morgan fingerprint density at radius 2 is 1.92 bits per heavy atom. The summed E-state index contributed by atoms with van der Waals surface area (Å²) in [5.74, 6) is -0.276. The Balaban J connectivity index is 1.57. The first-order chi connectivity index (χ1) is 11.5. The summed E-state index contributed by atoms with van der Waals surface area (Å²) in [7, 11) is 0. The summed E-state index contributed by atoms with van der Waals surface area (Å²) in [6.45, 7) is 2.25. The lowest BCUT2D eigenvalue weighted by atomic mass is 9.94. The van der Waals surface area contributed by atoms with E-state index in [9.17, 15) is 14.0 Å². The molecule has 24 heavy (non-hydrogen) atoms. The van der Waals surface area contributed by atoms with Gasteiger partial charge in [0.1, 0.15) is 0 Å². The van der Waals surface area contributed by atoms with Crippen LogP contribution in [0.25, 0.3) is 0 Å². The standard InChI is InChI=1S/C17H17FN4O2/c1-10(23)21-8-12(9-21)15(24)16-19-17-13(18)7-14(22(17)20-16)11-5-3-2-4-6-11/h2-6,12-14H,7-9H2,1H3/t13-,14-/m0/s1. The largest absolute Gasteiger partial charge is 0.341 e. The van der Waals surface area contributed by atoms with Gasteiger partial charge >= 0.3 is 0 Å². The maximum atomic E-state index is 14.3. The molecular weight excluding hydrogens is 311 g/mol. The number of fused-ring (bicyclic) bond motifs is 1. The van der Waals surface area contributed by atoms with Crippen molar-refractivity contribution in [1.29, 1.82) is 0 Å². The number of benzene rings is 1.